The Bertz CT molecular complexity index is 603. The number of nitrogens with zero attached hydrogens (tertiary/aromatic N) is 2. The molecule has 0 fully saturated rings. The Balaban J connectivity index is 1.86. The van der Waals surface area contributed by atoms with Crippen molar-refractivity contribution >= 4 is 21.6 Å². The first kappa shape index (κ1) is 12.7. The zero-order valence-electron chi connectivity index (χ0n) is 11.3. The lowest BCUT2D eigenvalue weighted by Crippen LogP contribution is -2.07. The minimum absolute atomic E-state index is 0.414. The first-order valence-electron chi connectivity index (χ1n) is 6.74. The fourth-order valence-corrected chi connectivity index (χ4v) is 3.25. The Morgan fingerprint density at radius 2 is 2.32 bits per heavy atom. The van der Waals surface area contributed by atoms with Gasteiger partial charge in [-0.3, -0.25) is 4.68 Å². The van der Waals surface area contributed by atoms with Gasteiger partial charge >= 0.3 is 0 Å². The van der Waals surface area contributed by atoms with E-state index in [0.29, 0.717) is 6.04 Å². The SMILES string of the molecule is CCc1nn(C)cc1NC1CCc2cc(Br)ccc21. The highest BCUT2D eigenvalue weighted by Gasteiger charge is 2.23. The van der Waals surface area contributed by atoms with Crippen molar-refractivity contribution < 1.29 is 0 Å². The number of anilines is 1. The number of hydrogen-bond acceptors (Lipinski definition) is 2. The Morgan fingerprint density at radius 3 is 3.11 bits per heavy atom. The van der Waals surface area contributed by atoms with Crippen molar-refractivity contribution in [1.29, 1.82) is 0 Å². The minimum atomic E-state index is 0.414. The highest BCUT2D eigenvalue weighted by atomic mass is 79.9. The van der Waals surface area contributed by atoms with Crippen LogP contribution in [-0.4, -0.2) is 9.78 Å². The standard InChI is InChI=1S/C15H18BrN3/c1-3-13-15(9-19(2)18-13)17-14-7-4-10-8-11(16)5-6-12(10)14/h5-6,8-9,14,17H,3-4,7H2,1-2H3. The maximum atomic E-state index is 4.49. The van der Waals surface area contributed by atoms with E-state index in [0.717, 1.165) is 25.0 Å². The molecule has 1 aromatic carbocycles. The van der Waals surface area contributed by atoms with Gasteiger partial charge in [-0.15, -0.1) is 0 Å². The highest BCUT2D eigenvalue weighted by molar-refractivity contribution is 9.10. The zero-order chi connectivity index (χ0) is 13.4. The molecule has 3 nitrogen and oxygen atoms in total. The number of aryl methyl sites for hydroxylation is 3. The van der Waals surface area contributed by atoms with Crippen molar-refractivity contribution in [2.75, 3.05) is 5.32 Å². The van der Waals surface area contributed by atoms with Crippen LogP contribution in [0.25, 0.3) is 0 Å². The number of halogens is 1. The Kier molecular flexibility index (Phi) is 3.35. The monoisotopic (exact) mass is 319 g/mol. The minimum Gasteiger partial charge on any atom is -0.375 e. The van der Waals surface area contributed by atoms with E-state index in [1.807, 2.05) is 11.7 Å². The second-order valence-corrected chi connectivity index (χ2v) is 6.01. The number of aromatic nitrogens is 2. The summed E-state index contributed by atoms with van der Waals surface area (Å²) in [4.78, 5) is 0. The van der Waals surface area contributed by atoms with Gasteiger partial charge in [-0.2, -0.15) is 5.10 Å². The molecule has 2 aromatic rings. The second-order valence-electron chi connectivity index (χ2n) is 5.10. The Labute approximate surface area is 122 Å². The van der Waals surface area contributed by atoms with Gasteiger partial charge in [-0.05, 0) is 42.5 Å². The van der Waals surface area contributed by atoms with E-state index in [4.69, 9.17) is 0 Å². The highest BCUT2D eigenvalue weighted by Crippen LogP contribution is 2.35. The number of fused-ring (bicyclic) bond motifs is 1. The summed E-state index contributed by atoms with van der Waals surface area (Å²) in [6.45, 7) is 2.15. The average Bonchev–Trinajstić information content (AvgIpc) is 2.93. The molecule has 0 radical (unpaired) electrons. The lowest BCUT2D eigenvalue weighted by atomic mass is 10.1. The molecule has 0 spiro atoms. The van der Waals surface area contributed by atoms with E-state index in [2.05, 4.69) is 57.7 Å². The molecule has 1 unspecified atom stereocenters. The maximum Gasteiger partial charge on any atom is 0.0853 e. The van der Waals surface area contributed by atoms with Crippen molar-refractivity contribution in [3.05, 3.63) is 45.7 Å². The molecule has 0 aliphatic heterocycles. The molecule has 3 rings (SSSR count). The number of benzene rings is 1. The third-order valence-corrected chi connectivity index (χ3v) is 4.25. The van der Waals surface area contributed by atoms with E-state index < -0.39 is 0 Å². The van der Waals surface area contributed by atoms with Crippen LogP contribution in [0.15, 0.2) is 28.9 Å². The van der Waals surface area contributed by atoms with Crippen LogP contribution in [0.4, 0.5) is 5.69 Å². The van der Waals surface area contributed by atoms with Gasteiger partial charge in [0.2, 0.25) is 0 Å². The van der Waals surface area contributed by atoms with E-state index in [1.54, 1.807) is 0 Å². The summed E-state index contributed by atoms with van der Waals surface area (Å²) in [5, 5.41) is 8.15. The van der Waals surface area contributed by atoms with Crippen LogP contribution < -0.4 is 5.32 Å². The van der Waals surface area contributed by atoms with Gasteiger partial charge < -0.3 is 5.32 Å². The van der Waals surface area contributed by atoms with Gasteiger partial charge in [0.05, 0.1) is 17.4 Å². The molecular weight excluding hydrogens is 302 g/mol. The third kappa shape index (κ3) is 2.41. The smallest absolute Gasteiger partial charge is 0.0853 e. The van der Waals surface area contributed by atoms with Gasteiger partial charge in [-0.25, -0.2) is 0 Å². The normalized spacial score (nSPS) is 17.5. The van der Waals surface area contributed by atoms with Crippen molar-refractivity contribution in [3.8, 4) is 0 Å². The fraction of sp³-hybridized carbons (Fsp3) is 0.400. The number of hydrogen-bond donors (Lipinski definition) is 1. The maximum absolute atomic E-state index is 4.49. The first-order valence-corrected chi connectivity index (χ1v) is 7.54. The van der Waals surface area contributed by atoms with Crippen molar-refractivity contribution in [2.45, 2.75) is 32.2 Å². The molecule has 1 aliphatic rings. The summed E-state index contributed by atoms with van der Waals surface area (Å²) in [7, 11) is 1.98. The van der Waals surface area contributed by atoms with Crippen molar-refractivity contribution in [2.24, 2.45) is 7.05 Å². The molecule has 0 bridgehead atoms. The summed E-state index contributed by atoms with van der Waals surface area (Å²) >= 11 is 3.54. The van der Waals surface area contributed by atoms with Gasteiger partial charge in [0.15, 0.2) is 0 Å². The predicted octanol–water partition coefficient (Wildman–Crippen LogP) is 3.84. The fourth-order valence-electron chi connectivity index (χ4n) is 2.84. The van der Waals surface area contributed by atoms with Crippen molar-refractivity contribution in [1.82, 2.24) is 9.78 Å². The number of nitrogens with one attached hydrogen (secondary N) is 1. The van der Waals surface area contributed by atoms with Gasteiger partial charge in [0.25, 0.3) is 0 Å². The summed E-state index contributed by atoms with van der Waals surface area (Å²) in [6, 6.07) is 7.01. The van der Waals surface area contributed by atoms with E-state index in [-0.39, 0.29) is 0 Å². The summed E-state index contributed by atoms with van der Waals surface area (Å²) in [5.41, 5.74) is 5.20. The number of rotatable bonds is 3. The zero-order valence-corrected chi connectivity index (χ0v) is 12.9. The molecule has 4 heteroatoms. The van der Waals surface area contributed by atoms with E-state index in [9.17, 15) is 0 Å². The van der Waals surface area contributed by atoms with Crippen LogP contribution in [0.2, 0.25) is 0 Å². The second kappa shape index (κ2) is 5.00. The molecule has 1 aliphatic carbocycles. The van der Waals surface area contributed by atoms with Gasteiger partial charge in [0, 0.05) is 17.7 Å². The van der Waals surface area contributed by atoms with Crippen LogP contribution in [0.3, 0.4) is 0 Å². The molecule has 1 N–H and O–H groups in total. The third-order valence-electron chi connectivity index (χ3n) is 3.75. The molecule has 1 heterocycles. The molecular formula is C15H18BrN3. The molecule has 100 valence electrons. The largest absolute Gasteiger partial charge is 0.375 e. The van der Waals surface area contributed by atoms with Gasteiger partial charge in [-0.1, -0.05) is 28.9 Å². The Hall–Kier alpha value is -1.29. The summed E-state index contributed by atoms with van der Waals surface area (Å²) in [5.74, 6) is 0. The molecule has 0 saturated heterocycles. The summed E-state index contributed by atoms with van der Waals surface area (Å²) in [6.07, 6.45) is 5.34. The lowest BCUT2D eigenvalue weighted by Gasteiger charge is -2.15. The molecule has 0 amide bonds. The predicted molar refractivity (Wildman–Crippen MR) is 81.4 cm³/mol. The summed E-state index contributed by atoms with van der Waals surface area (Å²) < 4.78 is 3.06. The van der Waals surface area contributed by atoms with Crippen LogP contribution in [0.1, 0.15) is 36.2 Å². The lowest BCUT2D eigenvalue weighted by molar-refractivity contribution is 0.746. The van der Waals surface area contributed by atoms with Crippen LogP contribution in [0.5, 0.6) is 0 Å². The molecule has 1 aromatic heterocycles. The molecule has 1 atom stereocenters. The van der Waals surface area contributed by atoms with Crippen molar-refractivity contribution in [3.63, 3.8) is 0 Å². The average molecular weight is 320 g/mol. The molecule has 0 saturated carbocycles. The van der Waals surface area contributed by atoms with Crippen LogP contribution >= 0.6 is 15.9 Å². The van der Waals surface area contributed by atoms with E-state index >= 15 is 0 Å². The van der Waals surface area contributed by atoms with E-state index in [1.165, 1.54) is 21.3 Å². The quantitative estimate of drug-likeness (QED) is 0.931. The topological polar surface area (TPSA) is 29.9 Å². The molecule has 19 heavy (non-hydrogen) atoms. The Morgan fingerprint density at radius 1 is 1.47 bits per heavy atom. The van der Waals surface area contributed by atoms with Crippen LogP contribution in [0, 0.1) is 0 Å². The van der Waals surface area contributed by atoms with Crippen LogP contribution in [-0.2, 0) is 19.9 Å². The first-order chi connectivity index (χ1) is 9.17. The van der Waals surface area contributed by atoms with Gasteiger partial charge in [0.1, 0.15) is 0 Å².